The molecule has 2 aromatic carbocycles. The molecule has 3 heterocycles. The number of hydrogen-bond acceptors (Lipinski definition) is 4. The SMILES string of the molecule is O=C(c1cc(N2CCCC2)ccn1)N1CCN(C(c2ccc(F)cc2)c2ccc(F)cc2)CC1. The van der Waals surface area contributed by atoms with E-state index in [1.165, 1.54) is 37.1 Å². The van der Waals surface area contributed by atoms with Crippen LogP contribution in [0, 0.1) is 11.6 Å². The second kappa shape index (κ2) is 9.89. The lowest BCUT2D eigenvalue weighted by atomic mass is 9.96. The number of rotatable bonds is 5. The van der Waals surface area contributed by atoms with Crippen LogP contribution >= 0.6 is 0 Å². The molecule has 2 fully saturated rings. The molecule has 5 rings (SSSR count). The van der Waals surface area contributed by atoms with Crippen molar-refractivity contribution in [1.82, 2.24) is 14.8 Å². The van der Waals surface area contributed by atoms with Gasteiger partial charge in [0.15, 0.2) is 0 Å². The fourth-order valence-corrected chi connectivity index (χ4v) is 4.96. The Morgan fingerprint density at radius 1 is 0.765 bits per heavy atom. The Kier molecular flexibility index (Phi) is 6.54. The second-order valence-electron chi connectivity index (χ2n) is 8.93. The molecule has 5 nitrogen and oxygen atoms in total. The number of aromatic nitrogens is 1. The van der Waals surface area contributed by atoms with Crippen LogP contribution in [0.2, 0.25) is 0 Å². The van der Waals surface area contributed by atoms with Crippen molar-refractivity contribution in [1.29, 1.82) is 0 Å². The average molecular weight is 463 g/mol. The van der Waals surface area contributed by atoms with Gasteiger partial charge in [-0.15, -0.1) is 0 Å². The molecule has 7 heteroatoms. The van der Waals surface area contributed by atoms with Crippen LogP contribution in [-0.2, 0) is 0 Å². The summed E-state index contributed by atoms with van der Waals surface area (Å²) < 4.78 is 27.1. The molecule has 0 radical (unpaired) electrons. The normalized spacial score (nSPS) is 16.9. The highest BCUT2D eigenvalue weighted by Crippen LogP contribution is 2.30. The summed E-state index contributed by atoms with van der Waals surface area (Å²) in [6, 6.07) is 16.6. The Labute approximate surface area is 198 Å². The largest absolute Gasteiger partial charge is 0.371 e. The molecular formula is C27H28F2N4O. The molecule has 34 heavy (non-hydrogen) atoms. The molecule has 0 unspecified atom stereocenters. The van der Waals surface area contributed by atoms with Crippen LogP contribution in [0.25, 0.3) is 0 Å². The Hall–Kier alpha value is -3.32. The van der Waals surface area contributed by atoms with Crippen molar-refractivity contribution in [3.8, 4) is 0 Å². The predicted molar refractivity (Wildman–Crippen MR) is 128 cm³/mol. The quantitative estimate of drug-likeness (QED) is 0.560. The fraction of sp³-hybridized carbons (Fsp3) is 0.333. The number of hydrogen-bond donors (Lipinski definition) is 0. The van der Waals surface area contributed by atoms with E-state index in [0.717, 1.165) is 29.9 Å². The number of amides is 1. The first-order valence-corrected chi connectivity index (χ1v) is 11.8. The standard InChI is InChI=1S/C27H28F2N4O/c28-22-7-3-20(4-8-22)26(21-5-9-23(29)10-6-21)32-15-17-33(18-16-32)27(34)25-19-24(11-12-30-25)31-13-1-2-14-31/h3-12,19,26H,1-2,13-18H2. The van der Waals surface area contributed by atoms with E-state index in [4.69, 9.17) is 0 Å². The summed E-state index contributed by atoms with van der Waals surface area (Å²) in [6.45, 7) is 4.46. The summed E-state index contributed by atoms with van der Waals surface area (Å²) in [5, 5.41) is 0. The molecule has 0 aliphatic carbocycles. The molecule has 176 valence electrons. The van der Waals surface area contributed by atoms with E-state index in [9.17, 15) is 13.6 Å². The number of nitrogens with zero attached hydrogens (tertiary/aromatic N) is 4. The van der Waals surface area contributed by atoms with Crippen LogP contribution in [0.1, 0.15) is 40.5 Å². The van der Waals surface area contributed by atoms with Gasteiger partial charge in [-0.2, -0.15) is 0 Å². The van der Waals surface area contributed by atoms with Crippen molar-refractivity contribution in [2.45, 2.75) is 18.9 Å². The van der Waals surface area contributed by atoms with Gasteiger partial charge in [0.05, 0.1) is 6.04 Å². The number of halogens is 2. The van der Waals surface area contributed by atoms with Gasteiger partial charge in [0.1, 0.15) is 17.3 Å². The Balaban J connectivity index is 1.31. The van der Waals surface area contributed by atoms with Gasteiger partial charge in [0.25, 0.3) is 5.91 Å². The van der Waals surface area contributed by atoms with Gasteiger partial charge in [-0.1, -0.05) is 24.3 Å². The van der Waals surface area contributed by atoms with Crippen LogP contribution in [0.15, 0.2) is 66.9 Å². The minimum Gasteiger partial charge on any atom is -0.371 e. The van der Waals surface area contributed by atoms with E-state index >= 15 is 0 Å². The molecule has 0 N–H and O–H groups in total. The monoisotopic (exact) mass is 462 g/mol. The lowest BCUT2D eigenvalue weighted by Crippen LogP contribution is -2.50. The summed E-state index contributed by atoms with van der Waals surface area (Å²) in [6.07, 6.45) is 4.07. The highest BCUT2D eigenvalue weighted by Gasteiger charge is 2.29. The Morgan fingerprint density at radius 2 is 1.32 bits per heavy atom. The maximum atomic E-state index is 13.6. The zero-order chi connectivity index (χ0) is 23.5. The summed E-state index contributed by atoms with van der Waals surface area (Å²) in [5.41, 5.74) is 3.41. The molecular weight excluding hydrogens is 434 g/mol. The molecule has 2 aliphatic heterocycles. The number of carbonyl (C=O) groups is 1. The molecule has 0 bridgehead atoms. The third-order valence-electron chi connectivity index (χ3n) is 6.77. The van der Waals surface area contributed by atoms with Crippen LogP contribution in [0.3, 0.4) is 0 Å². The zero-order valence-electron chi connectivity index (χ0n) is 19.0. The first kappa shape index (κ1) is 22.5. The maximum absolute atomic E-state index is 13.6. The summed E-state index contributed by atoms with van der Waals surface area (Å²) in [7, 11) is 0. The number of benzene rings is 2. The number of carbonyl (C=O) groups excluding carboxylic acids is 1. The van der Waals surface area contributed by atoms with Crippen molar-refractivity contribution in [3.63, 3.8) is 0 Å². The second-order valence-corrected chi connectivity index (χ2v) is 8.93. The highest BCUT2D eigenvalue weighted by molar-refractivity contribution is 5.93. The van der Waals surface area contributed by atoms with Crippen LogP contribution in [-0.4, -0.2) is 60.0 Å². The first-order chi connectivity index (χ1) is 16.6. The van der Waals surface area contributed by atoms with Gasteiger partial charge < -0.3 is 9.80 Å². The number of anilines is 1. The molecule has 0 saturated carbocycles. The third kappa shape index (κ3) is 4.80. The lowest BCUT2D eigenvalue weighted by molar-refractivity contribution is 0.0591. The van der Waals surface area contributed by atoms with Gasteiger partial charge >= 0.3 is 0 Å². The van der Waals surface area contributed by atoms with Gasteiger partial charge in [-0.25, -0.2) is 8.78 Å². The minimum atomic E-state index is -0.291. The van der Waals surface area contributed by atoms with E-state index < -0.39 is 0 Å². The molecule has 2 saturated heterocycles. The minimum absolute atomic E-state index is 0.0548. The molecule has 1 aromatic heterocycles. The fourth-order valence-electron chi connectivity index (χ4n) is 4.96. The van der Waals surface area contributed by atoms with Crippen LogP contribution in [0.5, 0.6) is 0 Å². The average Bonchev–Trinajstić information content (AvgIpc) is 3.42. The molecule has 2 aliphatic rings. The van der Waals surface area contributed by atoms with Gasteiger partial charge in [-0.05, 0) is 60.4 Å². The van der Waals surface area contributed by atoms with Crippen molar-refractivity contribution >= 4 is 11.6 Å². The van der Waals surface area contributed by atoms with E-state index in [1.54, 1.807) is 30.5 Å². The van der Waals surface area contributed by atoms with Crippen molar-refractivity contribution < 1.29 is 13.6 Å². The van der Waals surface area contributed by atoms with Crippen LogP contribution < -0.4 is 4.90 Å². The lowest BCUT2D eigenvalue weighted by Gasteiger charge is -2.39. The van der Waals surface area contributed by atoms with E-state index in [-0.39, 0.29) is 23.6 Å². The van der Waals surface area contributed by atoms with Crippen molar-refractivity contribution in [2.24, 2.45) is 0 Å². The molecule has 1 amide bonds. The first-order valence-electron chi connectivity index (χ1n) is 11.8. The van der Waals surface area contributed by atoms with Crippen molar-refractivity contribution in [2.75, 3.05) is 44.2 Å². The maximum Gasteiger partial charge on any atom is 0.272 e. The highest BCUT2D eigenvalue weighted by atomic mass is 19.1. The van der Waals surface area contributed by atoms with E-state index in [0.29, 0.717) is 31.9 Å². The topological polar surface area (TPSA) is 39.7 Å². The Bertz CT molecular complexity index is 1080. The van der Waals surface area contributed by atoms with E-state index in [1.807, 2.05) is 17.0 Å². The van der Waals surface area contributed by atoms with Crippen LogP contribution in [0.4, 0.5) is 14.5 Å². The zero-order valence-corrected chi connectivity index (χ0v) is 19.0. The number of piperazine rings is 1. The molecule has 3 aromatic rings. The van der Waals surface area contributed by atoms with E-state index in [2.05, 4.69) is 14.8 Å². The Morgan fingerprint density at radius 3 is 1.88 bits per heavy atom. The van der Waals surface area contributed by atoms with Gasteiger partial charge in [0.2, 0.25) is 0 Å². The number of pyridine rings is 1. The smallest absolute Gasteiger partial charge is 0.272 e. The third-order valence-corrected chi connectivity index (χ3v) is 6.77. The van der Waals surface area contributed by atoms with Gasteiger partial charge in [-0.3, -0.25) is 14.7 Å². The summed E-state index contributed by atoms with van der Waals surface area (Å²) in [5.74, 6) is -0.637. The predicted octanol–water partition coefficient (Wildman–Crippen LogP) is 4.51. The summed E-state index contributed by atoms with van der Waals surface area (Å²) in [4.78, 5) is 24.0. The molecule has 0 atom stereocenters. The van der Waals surface area contributed by atoms with Gasteiger partial charge in [0, 0.05) is 51.2 Å². The van der Waals surface area contributed by atoms with Crippen molar-refractivity contribution in [3.05, 3.63) is 95.3 Å². The summed E-state index contributed by atoms with van der Waals surface area (Å²) >= 11 is 0. The molecule has 0 spiro atoms.